The van der Waals surface area contributed by atoms with Crippen molar-refractivity contribution in [2.45, 2.75) is 62.9 Å². The number of amides is 2. The fourth-order valence-corrected chi connectivity index (χ4v) is 6.56. The van der Waals surface area contributed by atoms with Crippen LogP contribution < -0.4 is 10.6 Å². The van der Waals surface area contributed by atoms with E-state index in [0.29, 0.717) is 56.6 Å². The minimum Gasteiger partial charge on any atom is -0.448 e. The largest absolute Gasteiger partial charge is 0.490 e. The lowest BCUT2D eigenvalue weighted by Gasteiger charge is -2.44. The fourth-order valence-electron chi connectivity index (χ4n) is 6.56. The van der Waals surface area contributed by atoms with Crippen molar-refractivity contribution in [1.29, 1.82) is 0 Å². The van der Waals surface area contributed by atoms with Gasteiger partial charge in [-0.15, -0.1) is 0 Å². The Kier molecular flexibility index (Phi) is 11.0. The van der Waals surface area contributed by atoms with E-state index in [1.54, 1.807) is 4.57 Å². The lowest BCUT2D eigenvalue weighted by molar-refractivity contribution is -0.227. The van der Waals surface area contributed by atoms with Crippen molar-refractivity contribution in [3.05, 3.63) is 78.2 Å². The van der Waals surface area contributed by atoms with Gasteiger partial charge >= 0.3 is 12.1 Å². The number of aromatic nitrogens is 2. The smallest absolute Gasteiger partial charge is 0.448 e. The van der Waals surface area contributed by atoms with Gasteiger partial charge in [-0.05, 0) is 31.2 Å². The zero-order chi connectivity index (χ0) is 33.4. The summed E-state index contributed by atoms with van der Waals surface area (Å²) in [4.78, 5) is 44.5. The van der Waals surface area contributed by atoms with E-state index in [2.05, 4.69) is 15.6 Å². The standard InChI is InChI=1S/C34H40F3N5O5/c1-24(43)39-17-19-46-22-33(47-32(45)34(35,36)37)15-9-8-14-28(33)42-23-40-29(30(42)26-12-6-3-7-13-26)31(44)41-18-16-38-21-27(41)20-25-10-4-2-5-11-25/h2-7,10-13,23,27-28,38H,8-9,14-22H2,1H3,(H,39,43)/t27-,28+,33-/m1/s1. The van der Waals surface area contributed by atoms with Gasteiger partial charge in [-0.25, -0.2) is 9.78 Å². The van der Waals surface area contributed by atoms with Crippen molar-refractivity contribution in [2.75, 3.05) is 39.4 Å². The second kappa shape index (κ2) is 15.1. The highest BCUT2D eigenvalue weighted by atomic mass is 19.4. The first-order valence-corrected chi connectivity index (χ1v) is 15.9. The summed E-state index contributed by atoms with van der Waals surface area (Å²) in [5.74, 6) is -2.87. The van der Waals surface area contributed by atoms with Crippen LogP contribution in [-0.2, 0) is 25.5 Å². The minimum absolute atomic E-state index is 0.00260. The van der Waals surface area contributed by atoms with Gasteiger partial charge in [0.1, 0.15) is 0 Å². The molecule has 0 radical (unpaired) electrons. The van der Waals surface area contributed by atoms with Gasteiger partial charge in [0.25, 0.3) is 5.91 Å². The summed E-state index contributed by atoms with van der Waals surface area (Å²) in [7, 11) is 0. The number of piperazine rings is 1. The molecule has 2 N–H and O–H groups in total. The number of hydrogen-bond donors (Lipinski definition) is 2. The van der Waals surface area contributed by atoms with Gasteiger partial charge in [-0.1, -0.05) is 67.1 Å². The molecule has 10 nitrogen and oxygen atoms in total. The maximum Gasteiger partial charge on any atom is 0.490 e. The molecule has 3 aromatic rings. The average Bonchev–Trinajstić information content (AvgIpc) is 3.50. The second-order valence-corrected chi connectivity index (χ2v) is 12.0. The molecule has 1 aliphatic carbocycles. The van der Waals surface area contributed by atoms with Crippen LogP contribution in [0.4, 0.5) is 13.2 Å². The molecule has 252 valence electrons. The van der Waals surface area contributed by atoms with Crippen molar-refractivity contribution in [3.8, 4) is 11.3 Å². The van der Waals surface area contributed by atoms with Gasteiger partial charge in [0.05, 0.1) is 31.3 Å². The number of benzene rings is 2. The van der Waals surface area contributed by atoms with E-state index in [-0.39, 0.29) is 49.7 Å². The molecule has 2 heterocycles. The van der Waals surface area contributed by atoms with E-state index >= 15 is 0 Å². The zero-order valence-corrected chi connectivity index (χ0v) is 26.3. The first-order valence-electron chi connectivity index (χ1n) is 15.9. The van der Waals surface area contributed by atoms with Crippen LogP contribution in [0, 0.1) is 0 Å². The number of carbonyl (C=O) groups excluding carboxylic acids is 3. The summed E-state index contributed by atoms with van der Waals surface area (Å²) in [6, 6.07) is 18.0. The Balaban J connectivity index is 1.53. The van der Waals surface area contributed by atoms with Crippen molar-refractivity contribution in [1.82, 2.24) is 25.1 Å². The van der Waals surface area contributed by atoms with Gasteiger partial charge in [0, 0.05) is 44.7 Å². The summed E-state index contributed by atoms with van der Waals surface area (Å²) < 4.78 is 53.8. The Hall–Kier alpha value is -4.23. The van der Waals surface area contributed by atoms with E-state index in [9.17, 15) is 27.6 Å². The van der Waals surface area contributed by atoms with Gasteiger partial charge in [-0.3, -0.25) is 9.59 Å². The van der Waals surface area contributed by atoms with Crippen LogP contribution in [0.15, 0.2) is 67.0 Å². The Bertz CT molecular complexity index is 1520. The van der Waals surface area contributed by atoms with Crippen LogP contribution in [0.1, 0.15) is 54.7 Å². The first-order chi connectivity index (χ1) is 22.6. The summed E-state index contributed by atoms with van der Waals surface area (Å²) in [5, 5.41) is 5.96. The number of halogens is 3. The highest BCUT2D eigenvalue weighted by molar-refractivity contribution is 5.98. The summed E-state index contributed by atoms with van der Waals surface area (Å²) >= 11 is 0. The van der Waals surface area contributed by atoms with Crippen molar-refractivity contribution in [3.63, 3.8) is 0 Å². The number of rotatable bonds is 11. The van der Waals surface area contributed by atoms with Crippen molar-refractivity contribution < 1.29 is 37.0 Å². The van der Waals surface area contributed by atoms with E-state index in [0.717, 1.165) is 5.56 Å². The van der Waals surface area contributed by atoms with E-state index < -0.39 is 23.8 Å². The molecule has 0 bridgehead atoms. The predicted molar refractivity (Wildman–Crippen MR) is 167 cm³/mol. The van der Waals surface area contributed by atoms with Crippen LogP contribution in [0.2, 0.25) is 0 Å². The number of imidazole rings is 1. The van der Waals surface area contributed by atoms with E-state index in [1.807, 2.05) is 65.6 Å². The number of alkyl halides is 3. The molecular formula is C34H40F3N5O5. The van der Waals surface area contributed by atoms with Crippen molar-refractivity contribution in [2.24, 2.45) is 0 Å². The molecule has 2 aliphatic rings. The maximum atomic E-state index is 14.4. The molecule has 3 atom stereocenters. The normalized spacial score (nSPS) is 21.7. The summed E-state index contributed by atoms with van der Waals surface area (Å²) in [5.41, 5.74) is 0.631. The summed E-state index contributed by atoms with van der Waals surface area (Å²) in [6.07, 6.45) is -1.52. The Morgan fingerprint density at radius 1 is 1.06 bits per heavy atom. The lowest BCUT2D eigenvalue weighted by atomic mass is 9.80. The molecule has 1 aliphatic heterocycles. The predicted octanol–water partition coefficient (Wildman–Crippen LogP) is 4.32. The minimum atomic E-state index is -5.22. The van der Waals surface area contributed by atoms with Gasteiger partial charge in [0.2, 0.25) is 5.91 Å². The van der Waals surface area contributed by atoms with Gasteiger partial charge in [-0.2, -0.15) is 13.2 Å². The number of ether oxygens (including phenoxy) is 2. The van der Waals surface area contributed by atoms with Gasteiger partial charge in [0.15, 0.2) is 11.3 Å². The lowest BCUT2D eigenvalue weighted by Crippen LogP contribution is -2.54. The molecule has 2 aromatic carbocycles. The molecule has 47 heavy (non-hydrogen) atoms. The number of carbonyl (C=O) groups is 3. The Labute approximate surface area is 271 Å². The third kappa shape index (κ3) is 8.20. The topological polar surface area (TPSA) is 115 Å². The van der Waals surface area contributed by atoms with Crippen LogP contribution in [0.25, 0.3) is 11.3 Å². The number of nitrogens with one attached hydrogen (secondary N) is 2. The highest BCUT2D eigenvalue weighted by Gasteiger charge is 2.52. The molecular weight excluding hydrogens is 615 g/mol. The molecule has 13 heteroatoms. The highest BCUT2D eigenvalue weighted by Crippen LogP contribution is 2.44. The number of esters is 1. The van der Waals surface area contributed by atoms with Crippen molar-refractivity contribution >= 4 is 17.8 Å². The number of nitrogens with zero attached hydrogens (tertiary/aromatic N) is 3. The second-order valence-electron chi connectivity index (χ2n) is 12.0. The molecule has 5 rings (SSSR count). The first kappa shape index (κ1) is 34.1. The molecule has 2 amide bonds. The molecule has 1 aromatic heterocycles. The van der Waals surface area contributed by atoms with Gasteiger partial charge < -0.3 is 29.6 Å². The molecule has 2 fully saturated rings. The molecule has 1 saturated heterocycles. The SMILES string of the molecule is CC(=O)NCCOC[C@]1(OC(=O)C(F)(F)F)CCCC[C@@H]1n1cnc(C(=O)N2CCNC[C@H]2Cc2ccccc2)c1-c1ccccc1. The molecule has 0 unspecified atom stereocenters. The Morgan fingerprint density at radius 2 is 1.79 bits per heavy atom. The maximum absolute atomic E-state index is 14.4. The monoisotopic (exact) mass is 655 g/mol. The van der Waals surface area contributed by atoms with E-state index in [1.165, 1.54) is 13.3 Å². The summed E-state index contributed by atoms with van der Waals surface area (Å²) in [6.45, 7) is 2.79. The third-order valence-electron chi connectivity index (χ3n) is 8.73. The third-order valence-corrected chi connectivity index (χ3v) is 8.73. The Morgan fingerprint density at radius 3 is 2.49 bits per heavy atom. The van der Waals surface area contributed by atoms with Crippen LogP contribution in [-0.4, -0.2) is 89.4 Å². The quantitative estimate of drug-likeness (QED) is 0.234. The zero-order valence-electron chi connectivity index (χ0n) is 26.3. The van der Waals surface area contributed by atoms with Crippen LogP contribution in [0.5, 0.6) is 0 Å². The average molecular weight is 656 g/mol. The van der Waals surface area contributed by atoms with Crippen LogP contribution in [0.3, 0.4) is 0 Å². The molecule has 0 spiro atoms. The van der Waals surface area contributed by atoms with E-state index in [4.69, 9.17) is 9.47 Å². The number of hydrogen-bond acceptors (Lipinski definition) is 7. The molecule has 1 saturated carbocycles. The van der Waals surface area contributed by atoms with Crippen LogP contribution >= 0.6 is 0 Å². The fraction of sp³-hybridized carbons (Fsp3) is 0.471.